The molecule has 0 aromatic heterocycles. The first-order valence-corrected chi connectivity index (χ1v) is 32.5. The Labute approximate surface area is 591 Å². The number of piperidine rings is 2. The molecule has 13 nitrogen and oxygen atoms in total. The maximum Gasteiger partial charge on any atom is 1.00 e. The molecule has 12 aliphatic rings. The molecule has 0 unspecified atom stereocenters. The SMILES string of the molecule is CC1=C2C[C@H]3[C@@H](CCC4=CC(=O)CC[C@@]43C)[C@@H]2CC[C@@]2(C1)O[C@@H]1C[C@H](C)CN(CCCl)[C@H]1[C@H]2C.COCCO.COCCOCCN1C[C@@H](C)C[C@H]2O[C@]3(CC[C@@H]4C(=C(C)C3)C[C@H]3[C@H]4CCC4=CC(=O)CC[C@@]43C)[C@H](C)[C@@H]21.O=CO[O-].[H-].[K+].[K+]. The molecule has 0 amide bonds. The summed E-state index contributed by atoms with van der Waals surface area (Å²) in [6, 6.07) is 1.03. The van der Waals surface area contributed by atoms with Crippen molar-refractivity contribution in [3.63, 3.8) is 0 Å². The van der Waals surface area contributed by atoms with E-state index in [1.807, 2.05) is 12.2 Å². The van der Waals surface area contributed by atoms with Crippen molar-refractivity contribution in [2.45, 2.75) is 206 Å². The van der Waals surface area contributed by atoms with Gasteiger partial charge in [0.05, 0.1) is 56.4 Å². The molecular weight excluding hydrogens is 1120 g/mol. The number of nitrogens with zero attached hydrogens (tertiary/aromatic N) is 2. The first kappa shape index (κ1) is 71.4. The number of halogens is 1. The Morgan fingerprint density at radius 1 is 0.687 bits per heavy atom. The van der Waals surface area contributed by atoms with Crippen LogP contribution in [0.25, 0.3) is 0 Å². The summed E-state index contributed by atoms with van der Waals surface area (Å²) in [5, 5.41) is 16.4. The number of ether oxygens (including phenoxy) is 5. The maximum absolute atomic E-state index is 12.2. The van der Waals surface area contributed by atoms with Crippen LogP contribution in [0.1, 0.15) is 172 Å². The van der Waals surface area contributed by atoms with E-state index >= 15 is 0 Å². The summed E-state index contributed by atoms with van der Waals surface area (Å²) in [7, 11) is 3.28. The molecule has 4 saturated carbocycles. The van der Waals surface area contributed by atoms with Gasteiger partial charge in [-0.15, -0.1) is 11.6 Å². The second kappa shape index (κ2) is 31.1. The largest absolute Gasteiger partial charge is 1.00 e. The predicted molar refractivity (Wildman–Crippen MR) is 315 cm³/mol. The molecule has 83 heavy (non-hydrogen) atoms. The molecular formula is C67H105ClK2N2O11. The van der Waals surface area contributed by atoms with Crippen LogP contribution in [-0.4, -0.2) is 148 Å². The van der Waals surface area contributed by atoms with Crippen LogP contribution in [-0.2, 0) is 43.0 Å². The summed E-state index contributed by atoms with van der Waals surface area (Å²) < 4.78 is 29.9. The fraction of sp³-hybridized carbons (Fsp3) is 0.836. The third-order valence-electron chi connectivity index (χ3n) is 24.0. The van der Waals surface area contributed by atoms with Crippen molar-refractivity contribution in [2.24, 2.45) is 70.0 Å². The minimum Gasteiger partial charge on any atom is -1.00 e. The number of allylic oxidation sites excluding steroid dienone is 6. The second-order valence-electron chi connectivity index (χ2n) is 28.3. The van der Waals surface area contributed by atoms with E-state index in [1.165, 1.54) is 81.9 Å². The number of carbonyl (C=O) groups excluding carboxylic acids is 3. The molecule has 0 aromatic carbocycles. The number of aliphatic hydroxyl groups is 1. The first-order valence-electron chi connectivity index (χ1n) is 32.0. The molecule has 458 valence electrons. The summed E-state index contributed by atoms with van der Waals surface area (Å²) in [6.07, 6.45) is 25.3. The zero-order chi connectivity index (χ0) is 58.0. The van der Waals surface area contributed by atoms with Crippen LogP contribution in [0.15, 0.2) is 45.6 Å². The summed E-state index contributed by atoms with van der Waals surface area (Å²) in [5.74, 6) is 8.36. The normalized spacial score (nSPS) is 41.3. The fourth-order valence-corrected chi connectivity index (χ4v) is 20.4. The average molecular weight is 1230 g/mol. The molecule has 0 bridgehead atoms. The van der Waals surface area contributed by atoms with Crippen LogP contribution in [0.3, 0.4) is 0 Å². The van der Waals surface area contributed by atoms with Crippen LogP contribution in [0.4, 0.5) is 0 Å². The van der Waals surface area contributed by atoms with E-state index in [0.717, 1.165) is 113 Å². The van der Waals surface area contributed by atoms with Crippen molar-refractivity contribution < 1.29 is 158 Å². The van der Waals surface area contributed by atoms with E-state index in [1.54, 1.807) is 36.5 Å². The molecule has 2 spiro atoms. The number of alkyl halides is 1. The second-order valence-corrected chi connectivity index (χ2v) is 28.6. The monoisotopic (exact) mass is 1230 g/mol. The topological polar surface area (TPSA) is 156 Å². The molecule has 4 aliphatic heterocycles. The first-order chi connectivity index (χ1) is 38.8. The van der Waals surface area contributed by atoms with E-state index in [0.29, 0.717) is 85.2 Å². The van der Waals surface area contributed by atoms with Crippen molar-refractivity contribution in [2.75, 3.05) is 79.3 Å². The quantitative estimate of drug-likeness (QED) is 0.0579. The molecule has 0 radical (unpaired) electrons. The minimum atomic E-state index is -0.181. The van der Waals surface area contributed by atoms with E-state index in [9.17, 15) is 9.59 Å². The summed E-state index contributed by atoms with van der Waals surface area (Å²) in [6.45, 7) is 26.4. The van der Waals surface area contributed by atoms with Gasteiger partial charge in [0, 0.05) is 83.0 Å². The van der Waals surface area contributed by atoms with Gasteiger partial charge in [-0.05, 0) is 187 Å². The Balaban J connectivity index is 0.000000229. The molecule has 16 heteroatoms. The van der Waals surface area contributed by atoms with Gasteiger partial charge in [-0.25, -0.2) is 0 Å². The number of methoxy groups -OCH3 is 2. The van der Waals surface area contributed by atoms with Gasteiger partial charge in [-0.1, -0.05) is 75.0 Å². The van der Waals surface area contributed by atoms with Gasteiger partial charge >= 0.3 is 103 Å². The van der Waals surface area contributed by atoms with Crippen molar-refractivity contribution in [3.05, 3.63) is 45.6 Å². The smallest absolute Gasteiger partial charge is 1.00 e. The molecule has 1 N–H and O–H groups in total. The number of hydrogen-bond donors (Lipinski definition) is 1. The van der Waals surface area contributed by atoms with Crippen molar-refractivity contribution in [1.29, 1.82) is 0 Å². The summed E-state index contributed by atoms with van der Waals surface area (Å²) in [4.78, 5) is 41.0. The Bertz CT molecular complexity index is 2370. The number of fused-ring (bicyclic) bond motifs is 12. The van der Waals surface area contributed by atoms with E-state index in [-0.39, 0.29) is 139 Å². The predicted octanol–water partition coefficient (Wildman–Crippen LogP) is 4.71. The van der Waals surface area contributed by atoms with Gasteiger partial charge < -0.3 is 40.4 Å². The van der Waals surface area contributed by atoms with Gasteiger partial charge in [0.2, 0.25) is 0 Å². The van der Waals surface area contributed by atoms with Crippen LogP contribution in [0, 0.1) is 70.0 Å². The van der Waals surface area contributed by atoms with Crippen LogP contribution in [0.5, 0.6) is 0 Å². The van der Waals surface area contributed by atoms with E-state index in [2.05, 4.69) is 74.8 Å². The standard InChI is InChI=1S/C33H51NO4.C30H44ClNO2.C3H8O2.CH2O3.2K.H/c1-21-16-30-31(34(20-21)12-13-37-15-14-36-5)23(3)33(38-30)11-9-26-27-7-6-24-17-25(35)8-10-32(24,4)29(27)18-28(26)22(2)19-33;1-18-13-27-28(32(17-18)12-11-31)20(3)30(34-27)10-8-23-24-6-5-21-14-22(33)7-9-29(21,4)26(24)15-25(23)19(2)16-30;1-5-3-2-4;2-1-4-3;;;/h17,21,23,26-27,29-31H,6-16,18-20H2,1-5H3;14,18,20,23-24,26-28H,5-13,15-17H2,1-4H3;4H,2-3H2,1H3;1,3H;;;/q;;;;2*+1;-1/p-1/t21-,23+,26-,27-,29-,30+,31-,32-,33-;18-,20+,23-,24-,26-,27+,28-,29-,30-;;;;;/m00...../s1. The van der Waals surface area contributed by atoms with E-state index < -0.39 is 0 Å². The number of ketones is 2. The minimum absolute atomic E-state index is 0. The number of rotatable bonds is 11. The fourth-order valence-electron chi connectivity index (χ4n) is 20.1. The van der Waals surface area contributed by atoms with Crippen molar-refractivity contribution >= 4 is 29.6 Å². The Hall–Kier alpha value is 0.973. The zero-order valence-electron chi connectivity index (χ0n) is 54.4. The third-order valence-corrected chi connectivity index (χ3v) is 24.1. The number of likely N-dealkylation sites (tertiary alicyclic amines) is 2. The zero-order valence-corrected chi connectivity index (χ0v) is 60.4. The molecule has 4 heterocycles. The van der Waals surface area contributed by atoms with Gasteiger partial charge in [-0.3, -0.25) is 24.2 Å². The van der Waals surface area contributed by atoms with Gasteiger partial charge in [0.1, 0.15) is 0 Å². The number of carbonyl (C=O) groups is 3. The molecule has 8 fully saturated rings. The number of aliphatic hydroxyl groups excluding tert-OH is 1. The average Bonchev–Trinajstić information content (AvgIpc) is 2.96. The third kappa shape index (κ3) is 14.8. The maximum atomic E-state index is 12.2. The van der Waals surface area contributed by atoms with Crippen molar-refractivity contribution in [1.82, 2.24) is 9.80 Å². The molecule has 18 atom stereocenters. The van der Waals surface area contributed by atoms with Crippen molar-refractivity contribution in [3.8, 4) is 0 Å². The Morgan fingerprint density at radius 2 is 1.13 bits per heavy atom. The summed E-state index contributed by atoms with van der Waals surface area (Å²) >= 11 is 6.23. The van der Waals surface area contributed by atoms with Crippen LogP contribution >= 0.6 is 11.6 Å². The molecule has 8 aliphatic carbocycles. The van der Waals surface area contributed by atoms with Gasteiger partial charge in [0.15, 0.2) is 11.6 Å². The van der Waals surface area contributed by atoms with Gasteiger partial charge in [0.25, 0.3) is 6.47 Å². The molecule has 4 saturated heterocycles. The molecule has 12 rings (SSSR count). The number of hydrogen-bond acceptors (Lipinski definition) is 13. The Morgan fingerprint density at radius 3 is 1.53 bits per heavy atom. The van der Waals surface area contributed by atoms with Crippen LogP contribution < -0.4 is 108 Å². The molecule has 0 aromatic rings. The van der Waals surface area contributed by atoms with E-state index in [4.69, 9.17) is 45.7 Å². The van der Waals surface area contributed by atoms with Crippen LogP contribution in [0.2, 0.25) is 0 Å². The Kier molecular flexibility index (Phi) is 26.7. The summed E-state index contributed by atoms with van der Waals surface area (Å²) in [5.41, 5.74) is 10.2. The van der Waals surface area contributed by atoms with Gasteiger partial charge in [-0.2, -0.15) is 0 Å².